The smallest absolute Gasteiger partial charge is 0.164 e. The van der Waals surface area contributed by atoms with Crippen LogP contribution in [0.2, 0.25) is 0 Å². The Hall–Kier alpha value is -13.7. The van der Waals surface area contributed by atoms with Gasteiger partial charge in [-0.2, -0.15) is 10.5 Å². The van der Waals surface area contributed by atoms with E-state index < -0.39 is 0 Å². The van der Waals surface area contributed by atoms with Gasteiger partial charge in [0.05, 0.1) is 45.1 Å². The van der Waals surface area contributed by atoms with Gasteiger partial charge in [-0.05, 0) is 97.3 Å². The van der Waals surface area contributed by atoms with E-state index in [1.54, 1.807) is 6.07 Å². The first-order chi connectivity index (χ1) is 47.5. The predicted molar refractivity (Wildman–Crippen MR) is 376 cm³/mol. The molecule has 1 aliphatic rings. The fourth-order valence-electron chi connectivity index (χ4n) is 13.0. The highest BCUT2D eigenvalue weighted by Crippen LogP contribution is 2.43. The van der Waals surface area contributed by atoms with Crippen LogP contribution >= 0.6 is 0 Å². The first-order valence-corrected chi connectivity index (χ1v) is 31.4. The van der Waals surface area contributed by atoms with Gasteiger partial charge in [-0.25, -0.2) is 44.9 Å². The SMILES string of the molecule is N#Cc1cc#cc(-c2cc(-c3nc(-c4ccccc4)nc(-c4ccc(-n5c6ccccc6c6cc(-c7nc(-c8ccccc8)nc(-c8ccccc8)n7)ccc65)c(C#N)c4)n3)ccc2-n2c3c(c4ccccc42)C=C(c2nc(-c4ccccc4)nc(-c4ccccc4)n2)CC3)c1. The normalized spacial score (nSPS) is 11.8. The second kappa shape index (κ2) is 23.9. The van der Waals surface area contributed by atoms with Crippen LogP contribution in [-0.2, 0) is 6.42 Å². The Morgan fingerprint density at radius 1 is 0.333 bits per heavy atom. The van der Waals surface area contributed by atoms with E-state index in [2.05, 4.69) is 100 Å². The molecule has 16 aromatic rings. The summed E-state index contributed by atoms with van der Waals surface area (Å²) in [4.78, 5) is 45.9. The van der Waals surface area contributed by atoms with Gasteiger partial charge in [0.2, 0.25) is 0 Å². The van der Waals surface area contributed by atoms with Gasteiger partial charge >= 0.3 is 0 Å². The van der Waals surface area contributed by atoms with Crippen molar-refractivity contribution in [1.82, 2.24) is 54.0 Å². The van der Waals surface area contributed by atoms with Crippen molar-refractivity contribution in [1.29, 1.82) is 10.5 Å². The minimum Gasteiger partial charge on any atom is -0.312 e. The third kappa shape index (κ3) is 10.2. The molecule has 0 N–H and O–H groups in total. The van der Waals surface area contributed by atoms with E-state index in [1.807, 2.05) is 200 Å². The molecule has 5 aromatic heterocycles. The van der Waals surface area contributed by atoms with Crippen LogP contribution in [-0.4, -0.2) is 54.0 Å². The van der Waals surface area contributed by atoms with Crippen molar-refractivity contribution in [3.8, 4) is 126 Å². The Bertz CT molecular complexity index is 5740. The minimum atomic E-state index is 0.380. The van der Waals surface area contributed by atoms with Crippen molar-refractivity contribution in [2.75, 3.05) is 0 Å². The van der Waals surface area contributed by atoms with E-state index in [1.165, 1.54) is 0 Å². The molecule has 0 spiro atoms. The van der Waals surface area contributed by atoms with Gasteiger partial charge in [0, 0.05) is 89.1 Å². The van der Waals surface area contributed by atoms with Gasteiger partial charge in [0.1, 0.15) is 6.07 Å². The van der Waals surface area contributed by atoms with Crippen LogP contribution in [0.3, 0.4) is 0 Å². The summed E-state index contributed by atoms with van der Waals surface area (Å²) in [6.07, 6.45) is 3.57. The zero-order valence-electron chi connectivity index (χ0n) is 51.2. The molecule has 13 heteroatoms. The molecule has 1 aliphatic carbocycles. The maximum absolute atomic E-state index is 11.2. The summed E-state index contributed by atoms with van der Waals surface area (Å²) in [5.41, 5.74) is 16.4. The number of fused-ring (bicyclic) bond motifs is 6. The number of hydrogen-bond acceptors (Lipinski definition) is 11. The molecule has 5 heterocycles. The van der Waals surface area contributed by atoms with E-state index in [-0.39, 0.29) is 0 Å². The standard InChI is InChI=1S/C83H49N13/c84-50-52-21-20-32-58(45-52)66-47-60(38-42-72(66)96-71-36-19-17-34-65(71)68-49-62(40-44-74(68)96)83-91-77(55-26-10-3-11-27-55)87-78(92-83)56-28-12-4-13-29-56)81-93-79(57-30-14-5-15-31-57)88-80(94-81)59-37-41-69(63(46-59)51-85)95-70-35-18-16-33-64(70)67-48-61(39-43-73(67)95)82-89-75(53-22-6-1-7-23-53)86-76(90-82)54-24-8-2-9-25-54/h1-19,21-31,33-39,41-43,45-49H,40,44H2. The second-order valence-electron chi connectivity index (χ2n) is 23.3. The lowest BCUT2D eigenvalue weighted by Gasteiger charge is -2.20. The molecular weight excluding hydrogens is 1180 g/mol. The predicted octanol–water partition coefficient (Wildman–Crippen LogP) is 18.1. The molecule has 0 unspecified atom stereocenters. The lowest BCUT2D eigenvalue weighted by Crippen LogP contribution is -2.09. The van der Waals surface area contributed by atoms with Gasteiger partial charge in [-0.1, -0.05) is 200 Å². The van der Waals surface area contributed by atoms with E-state index in [0.29, 0.717) is 98.8 Å². The molecule has 0 radical (unpaired) electrons. The summed E-state index contributed by atoms with van der Waals surface area (Å²) in [5, 5.41) is 24.6. The van der Waals surface area contributed by atoms with E-state index >= 15 is 0 Å². The van der Waals surface area contributed by atoms with Crippen molar-refractivity contribution in [2.45, 2.75) is 12.8 Å². The van der Waals surface area contributed by atoms with Gasteiger partial charge in [-0.3, -0.25) is 0 Å². The van der Waals surface area contributed by atoms with E-state index in [0.717, 1.165) is 94.2 Å². The van der Waals surface area contributed by atoms with Crippen LogP contribution in [0.15, 0.2) is 267 Å². The van der Waals surface area contributed by atoms with Crippen LogP contribution in [0, 0.1) is 34.8 Å². The third-order valence-electron chi connectivity index (χ3n) is 17.5. The molecule has 0 aliphatic heterocycles. The highest BCUT2D eigenvalue weighted by molar-refractivity contribution is 6.10. The summed E-state index contributed by atoms with van der Waals surface area (Å²) < 4.78 is 4.47. The van der Waals surface area contributed by atoms with Gasteiger partial charge in [0.15, 0.2) is 52.4 Å². The first-order valence-electron chi connectivity index (χ1n) is 31.4. The number of allylic oxidation sites excluding steroid dienone is 1. The van der Waals surface area contributed by atoms with Crippen molar-refractivity contribution in [2.24, 2.45) is 0 Å². The average Bonchev–Trinajstić information content (AvgIpc) is 1.57. The number of aromatic nitrogens is 11. The van der Waals surface area contributed by atoms with Gasteiger partial charge < -0.3 is 9.13 Å². The molecule has 0 amide bonds. The molecule has 0 saturated carbocycles. The van der Waals surface area contributed by atoms with Gasteiger partial charge in [0.25, 0.3) is 0 Å². The zero-order chi connectivity index (χ0) is 64.1. The van der Waals surface area contributed by atoms with E-state index in [4.69, 9.17) is 44.9 Å². The van der Waals surface area contributed by atoms with Crippen LogP contribution in [0.4, 0.5) is 0 Å². The molecule has 96 heavy (non-hydrogen) atoms. The highest BCUT2D eigenvalue weighted by Gasteiger charge is 2.27. The highest BCUT2D eigenvalue weighted by atomic mass is 15.1. The molecule has 0 bridgehead atoms. The number of nitrogens with zero attached hydrogens (tertiary/aromatic N) is 13. The van der Waals surface area contributed by atoms with Crippen molar-refractivity contribution in [3.63, 3.8) is 0 Å². The fraction of sp³-hybridized carbons (Fsp3) is 0.0241. The maximum Gasteiger partial charge on any atom is 0.164 e. The first kappa shape index (κ1) is 56.3. The Kier molecular flexibility index (Phi) is 14.0. The van der Waals surface area contributed by atoms with E-state index in [9.17, 15) is 10.5 Å². The molecule has 0 fully saturated rings. The minimum absolute atomic E-state index is 0.380. The molecule has 17 rings (SSSR count). The molecule has 0 atom stereocenters. The molecule has 11 aromatic carbocycles. The Balaban J connectivity index is 0.781. The zero-order valence-corrected chi connectivity index (χ0v) is 51.2. The Labute approximate surface area is 551 Å². The van der Waals surface area contributed by atoms with Crippen molar-refractivity contribution >= 4 is 44.4 Å². The number of para-hydroxylation sites is 2. The Morgan fingerprint density at radius 2 is 0.750 bits per heavy atom. The van der Waals surface area contributed by atoms with Crippen LogP contribution in [0.5, 0.6) is 0 Å². The quantitative estimate of drug-likeness (QED) is 0.114. The lowest BCUT2D eigenvalue weighted by atomic mass is 9.94. The summed E-state index contributed by atoms with van der Waals surface area (Å²) >= 11 is 0. The Morgan fingerprint density at radius 3 is 1.26 bits per heavy atom. The number of hydrogen-bond donors (Lipinski definition) is 0. The van der Waals surface area contributed by atoms with Crippen molar-refractivity contribution < 1.29 is 0 Å². The largest absolute Gasteiger partial charge is 0.312 e. The topological polar surface area (TPSA) is 173 Å². The summed E-state index contributed by atoms with van der Waals surface area (Å²) in [6.45, 7) is 0. The summed E-state index contributed by atoms with van der Waals surface area (Å²) in [5.74, 6) is 4.79. The number of rotatable bonds is 12. The third-order valence-corrected chi connectivity index (χ3v) is 17.5. The molecule has 0 saturated heterocycles. The molecule has 13 nitrogen and oxygen atoms in total. The second-order valence-corrected chi connectivity index (χ2v) is 23.3. The van der Waals surface area contributed by atoms with Crippen LogP contribution < -0.4 is 0 Å². The summed E-state index contributed by atoms with van der Waals surface area (Å²) in [6, 6.07) is 99.6. The monoisotopic (exact) mass is 1230 g/mol. The average molecular weight is 1230 g/mol. The molecular formula is C83H49N13. The van der Waals surface area contributed by atoms with Crippen LogP contribution in [0.25, 0.3) is 158 Å². The maximum atomic E-state index is 11.2. The van der Waals surface area contributed by atoms with Crippen LogP contribution in [0.1, 0.15) is 34.6 Å². The van der Waals surface area contributed by atoms with Gasteiger partial charge in [-0.15, -0.1) is 0 Å². The fourth-order valence-corrected chi connectivity index (χ4v) is 13.0. The number of benzene rings is 10. The number of nitriles is 2. The molecule has 446 valence electrons. The lowest BCUT2D eigenvalue weighted by molar-refractivity contribution is 0.886. The van der Waals surface area contributed by atoms with Crippen molar-refractivity contribution in [3.05, 3.63) is 307 Å². The summed E-state index contributed by atoms with van der Waals surface area (Å²) in [7, 11) is 0.